The van der Waals surface area contributed by atoms with Crippen molar-refractivity contribution in [3.63, 3.8) is 0 Å². The molecule has 0 aromatic rings. The zero-order valence-electron chi connectivity index (χ0n) is 9.49. The van der Waals surface area contributed by atoms with Gasteiger partial charge in [0.2, 0.25) is 0 Å². The van der Waals surface area contributed by atoms with Gasteiger partial charge in [-0.05, 0) is 32.6 Å². The molecule has 1 heterocycles. The molecule has 15 heavy (non-hydrogen) atoms. The Bertz CT molecular complexity index is 232. The van der Waals surface area contributed by atoms with Gasteiger partial charge in [-0.3, -0.25) is 0 Å². The number of Topliss-reactive ketones (excluding diaryl/α,β-unsaturated/α-hetero) is 1. The van der Waals surface area contributed by atoms with Crippen molar-refractivity contribution in [3.8, 4) is 0 Å². The topological polar surface area (TPSA) is 46.6 Å². The van der Waals surface area contributed by atoms with Gasteiger partial charge in [-0.25, -0.2) is 4.79 Å². The molecule has 0 bridgehead atoms. The van der Waals surface area contributed by atoms with Crippen molar-refractivity contribution in [1.82, 2.24) is 4.90 Å². The van der Waals surface area contributed by atoms with Crippen molar-refractivity contribution in [3.05, 3.63) is 0 Å². The Morgan fingerprint density at radius 3 is 2.40 bits per heavy atom. The van der Waals surface area contributed by atoms with E-state index in [9.17, 15) is 9.59 Å². The number of carbonyl (C=O) groups is 2. The molecule has 86 valence electrons. The molecular formula is C11H19NO3. The van der Waals surface area contributed by atoms with E-state index in [1.807, 2.05) is 0 Å². The van der Waals surface area contributed by atoms with E-state index in [1.165, 1.54) is 0 Å². The number of piperidine rings is 1. The Morgan fingerprint density at radius 2 is 1.93 bits per heavy atom. The number of nitrogens with zero attached hydrogens (tertiary/aromatic N) is 1. The standard InChI is InChI=1S/C11H19NO3/c1-3-15-11(14)12-6-4-10(5-7-12)8-9(2)13/h10H,3-8H2,1-2H3. The monoisotopic (exact) mass is 213 g/mol. The molecule has 1 aliphatic heterocycles. The SMILES string of the molecule is CCOC(=O)N1CCC(CC(C)=O)CC1. The third kappa shape index (κ3) is 3.90. The number of amides is 1. The number of hydrogen-bond donors (Lipinski definition) is 0. The quantitative estimate of drug-likeness (QED) is 0.718. The molecule has 4 nitrogen and oxygen atoms in total. The first kappa shape index (κ1) is 12.0. The lowest BCUT2D eigenvalue weighted by molar-refractivity contribution is -0.118. The Balaban J connectivity index is 2.29. The van der Waals surface area contributed by atoms with Crippen LogP contribution < -0.4 is 0 Å². The maximum atomic E-state index is 11.4. The first-order chi connectivity index (χ1) is 7.13. The van der Waals surface area contributed by atoms with Gasteiger partial charge < -0.3 is 14.4 Å². The molecule has 0 aliphatic carbocycles. The van der Waals surface area contributed by atoms with Crippen LogP contribution >= 0.6 is 0 Å². The van der Waals surface area contributed by atoms with E-state index in [-0.39, 0.29) is 11.9 Å². The van der Waals surface area contributed by atoms with Crippen LogP contribution in [0.2, 0.25) is 0 Å². The first-order valence-electron chi connectivity index (χ1n) is 5.54. The fourth-order valence-corrected chi connectivity index (χ4v) is 1.94. The van der Waals surface area contributed by atoms with Gasteiger partial charge in [0.05, 0.1) is 6.61 Å². The van der Waals surface area contributed by atoms with E-state index in [2.05, 4.69) is 0 Å². The highest BCUT2D eigenvalue weighted by molar-refractivity contribution is 5.75. The van der Waals surface area contributed by atoms with Crippen molar-refractivity contribution in [2.75, 3.05) is 19.7 Å². The third-order valence-corrected chi connectivity index (χ3v) is 2.72. The van der Waals surface area contributed by atoms with Crippen molar-refractivity contribution in [2.45, 2.75) is 33.1 Å². The normalized spacial score (nSPS) is 17.6. The highest BCUT2D eigenvalue weighted by Crippen LogP contribution is 2.20. The van der Waals surface area contributed by atoms with Gasteiger partial charge in [0.1, 0.15) is 5.78 Å². The van der Waals surface area contributed by atoms with Gasteiger partial charge in [-0.15, -0.1) is 0 Å². The zero-order chi connectivity index (χ0) is 11.3. The molecule has 0 aromatic heterocycles. The van der Waals surface area contributed by atoms with E-state index in [0.717, 1.165) is 25.9 Å². The molecule has 0 aromatic carbocycles. The Hall–Kier alpha value is -1.06. The van der Waals surface area contributed by atoms with E-state index >= 15 is 0 Å². The molecule has 0 radical (unpaired) electrons. The van der Waals surface area contributed by atoms with E-state index in [1.54, 1.807) is 18.7 Å². The Kier molecular flexibility index (Phi) is 4.59. The maximum absolute atomic E-state index is 11.4. The number of carbonyl (C=O) groups excluding carboxylic acids is 2. The second-order valence-electron chi connectivity index (χ2n) is 4.04. The molecule has 0 saturated carbocycles. The molecule has 1 amide bonds. The number of ether oxygens (including phenoxy) is 1. The van der Waals surface area contributed by atoms with Crippen molar-refractivity contribution >= 4 is 11.9 Å². The molecule has 0 atom stereocenters. The fourth-order valence-electron chi connectivity index (χ4n) is 1.94. The van der Waals surface area contributed by atoms with Gasteiger partial charge in [0, 0.05) is 19.5 Å². The van der Waals surface area contributed by atoms with Crippen molar-refractivity contribution in [1.29, 1.82) is 0 Å². The molecule has 1 saturated heterocycles. The Labute approximate surface area is 90.6 Å². The predicted molar refractivity (Wildman–Crippen MR) is 56.6 cm³/mol. The second-order valence-corrected chi connectivity index (χ2v) is 4.04. The number of hydrogen-bond acceptors (Lipinski definition) is 3. The summed E-state index contributed by atoms with van der Waals surface area (Å²) in [6.07, 6.45) is 2.26. The molecule has 1 fully saturated rings. The minimum absolute atomic E-state index is 0.223. The lowest BCUT2D eigenvalue weighted by atomic mass is 9.92. The van der Waals surface area contributed by atoms with Gasteiger partial charge in [-0.1, -0.05) is 0 Å². The van der Waals surface area contributed by atoms with Crippen LogP contribution in [0.5, 0.6) is 0 Å². The van der Waals surface area contributed by atoms with Crippen LogP contribution in [-0.2, 0) is 9.53 Å². The van der Waals surface area contributed by atoms with Gasteiger partial charge in [-0.2, -0.15) is 0 Å². The predicted octanol–water partition coefficient (Wildman–Crippen LogP) is 1.83. The highest BCUT2D eigenvalue weighted by Gasteiger charge is 2.23. The molecule has 0 N–H and O–H groups in total. The summed E-state index contributed by atoms with van der Waals surface area (Å²) in [5, 5.41) is 0. The summed E-state index contributed by atoms with van der Waals surface area (Å²) >= 11 is 0. The highest BCUT2D eigenvalue weighted by atomic mass is 16.6. The van der Waals surface area contributed by atoms with Crippen LogP contribution in [0.3, 0.4) is 0 Å². The van der Waals surface area contributed by atoms with Crippen molar-refractivity contribution < 1.29 is 14.3 Å². The first-order valence-corrected chi connectivity index (χ1v) is 5.54. The summed E-state index contributed by atoms with van der Waals surface area (Å²) in [5.41, 5.74) is 0. The molecule has 1 rings (SSSR count). The molecule has 0 unspecified atom stereocenters. The maximum Gasteiger partial charge on any atom is 0.409 e. The summed E-state index contributed by atoms with van der Waals surface area (Å²) < 4.78 is 4.92. The van der Waals surface area contributed by atoms with E-state index in [0.29, 0.717) is 18.9 Å². The zero-order valence-corrected chi connectivity index (χ0v) is 9.49. The Morgan fingerprint density at radius 1 is 1.33 bits per heavy atom. The lowest BCUT2D eigenvalue weighted by Gasteiger charge is -2.30. The van der Waals surface area contributed by atoms with Crippen LogP contribution in [-0.4, -0.2) is 36.5 Å². The molecule has 0 spiro atoms. The number of ketones is 1. The lowest BCUT2D eigenvalue weighted by Crippen LogP contribution is -2.39. The summed E-state index contributed by atoms with van der Waals surface area (Å²) in [5.74, 6) is 0.692. The van der Waals surface area contributed by atoms with Gasteiger partial charge in [0.15, 0.2) is 0 Å². The smallest absolute Gasteiger partial charge is 0.409 e. The molecule has 1 aliphatic rings. The third-order valence-electron chi connectivity index (χ3n) is 2.72. The van der Waals surface area contributed by atoms with Crippen LogP contribution in [0, 0.1) is 5.92 Å². The summed E-state index contributed by atoms with van der Waals surface area (Å²) in [6, 6.07) is 0. The summed E-state index contributed by atoms with van der Waals surface area (Å²) in [7, 11) is 0. The van der Waals surface area contributed by atoms with Crippen LogP contribution in [0.1, 0.15) is 33.1 Å². The number of likely N-dealkylation sites (tertiary alicyclic amines) is 1. The van der Waals surface area contributed by atoms with Crippen LogP contribution in [0.4, 0.5) is 4.79 Å². The minimum atomic E-state index is -0.223. The second kappa shape index (κ2) is 5.73. The molecular weight excluding hydrogens is 194 g/mol. The van der Waals surface area contributed by atoms with E-state index in [4.69, 9.17) is 4.74 Å². The molecule has 4 heteroatoms. The van der Waals surface area contributed by atoms with Gasteiger partial charge in [0.25, 0.3) is 0 Å². The minimum Gasteiger partial charge on any atom is -0.450 e. The number of rotatable bonds is 3. The largest absolute Gasteiger partial charge is 0.450 e. The van der Waals surface area contributed by atoms with Crippen LogP contribution in [0.25, 0.3) is 0 Å². The summed E-state index contributed by atoms with van der Waals surface area (Å²) in [6.45, 7) is 5.29. The van der Waals surface area contributed by atoms with E-state index < -0.39 is 0 Å². The average molecular weight is 213 g/mol. The van der Waals surface area contributed by atoms with Crippen molar-refractivity contribution in [2.24, 2.45) is 5.92 Å². The fraction of sp³-hybridized carbons (Fsp3) is 0.818. The van der Waals surface area contributed by atoms with Gasteiger partial charge >= 0.3 is 6.09 Å². The average Bonchev–Trinajstić information content (AvgIpc) is 2.18. The summed E-state index contributed by atoms with van der Waals surface area (Å²) in [4.78, 5) is 24.0. The van der Waals surface area contributed by atoms with Crippen LogP contribution in [0.15, 0.2) is 0 Å².